The summed E-state index contributed by atoms with van der Waals surface area (Å²) < 4.78 is 6.06. The van der Waals surface area contributed by atoms with Crippen LogP contribution >= 0.6 is 11.6 Å². The van der Waals surface area contributed by atoms with Crippen LogP contribution in [0.5, 0.6) is 0 Å². The molecule has 0 aromatic heterocycles. The van der Waals surface area contributed by atoms with Gasteiger partial charge in [0.05, 0.1) is 13.2 Å². The first kappa shape index (κ1) is 20.3. The van der Waals surface area contributed by atoms with Crippen molar-refractivity contribution >= 4 is 17.4 Å². The molecule has 0 radical (unpaired) electrons. The van der Waals surface area contributed by atoms with Crippen molar-refractivity contribution in [3.8, 4) is 0 Å². The van der Waals surface area contributed by atoms with Crippen LogP contribution in [0.3, 0.4) is 0 Å². The molecule has 0 N–H and O–H groups in total. The Balaban J connectivity index is 1.66. The molecule has 0 spiro atoms. The summed E-state index contributed by atoms with van der Waals surface area (Å²) in [7, 11) is 0. The molecule has 3 heteroatoms. The molecule has 3 aromatic rings. The summed E-state index contributed by atoms with van der Waals surface area (Å²) in [6, 6.07) is 25.0. The van der Waals surface area contributed by atoms with Gasteiger partial charge in [-0.05, 0) is 35.7 Å². The maximum atomic E-state index is 12.6. The summed E-state index contributed by atoms with van der Waals surface area (Å²) in [5.41, 5.74) is 3.51. The third kappa shape index (κ3) is 4.89. The van der Waals surface area contributed by atoms with E-state index in [2.05, 4.69) is 26.0 Å². The topological polar surface area (TPSA) is 26.3 Å². The van der Waals surface area contributed by atoms with E-state index in [1.807, 2.05) is 66.7 Å². The molecule has 0 heterocycles. The monoisotopic (exact) mass is 392 g/mol. The number of hydrogen-bond donors (Lipinski definition) is 0. The second-order valence-electron chi connectivity index (χ2n) is 7.31. The van der Waals surface area contributed by atoms with Gasteiger partial charge in [-0.3, -0.25) is 4.79 Å². The zero-order valence-electron chi connectivity index (χ0n) is 16.3. The highest BCUT2D eigenvalue weighted by atomic mass is 35.5. The SMILES string of the molecule is CCC(C)(COCc1cccc(C(=O)c2ccccc2)c1)c1ccc(Cl)cc1. The van der Waals surface area contributed by atoms with E-state index in [1.54, 1.807) is 0 Å². The number of ketones is 1. The zero-order valence-corrected chi connectivity index (χ0v) is 17.1. The number of carbonyl (C=O) groups is 1. The predicted octanol–water partition coefficient (Wildman–Crippen LogP) is 6.46. The van der Waals surface area contributed by atoms with E-state index >= 15 is 0 Å². The molecule has 0 fully saturated rings. The molecule has 1 atom stereocenters. The second-order valence-corrected chi connectivity index (χ2v) is 7.75. The van der Waals surface area contributed by atoms with Crippen molar-refractivity contribution in [2.24, 2.45) is 0 Å². The van der Waals surface area contributed by atoms with Gasteiger partial charge in [-0.25, -0.2) is 0 Å². The lowest BCUT2D eigenvalue weighted by Crippen LogP contribution is -2.27. The summed E-state index contributed by atoms with van der Waals surface area (Å²) in [5, 5.41) is 0.739. The highest BCUT2D eigenvalue weighted by Gasteiger charge is 2.25. The largest absolute Gasteiger partial charge is 0.376 e. The van der Waals surface area contributed by atoms with E-state index in [0.29, 0.717) is 24.3 Å². The lowest BCUT2D eigenvalue weighted by molar-refractivity contribution is 0.0747. The summed E-state index contributed by atoms with van der Waals surface area (Å²) in [6.45, 7) is 5.43. The van der Waals surface area contributed by atoms with Crippen molar-refractivity contribution in [2.45, 2.75) is 32.3 Å². The maximum Gasteiger partial charge on any atom is 0.193 e. The molecule has 0 aliphatic carbocycles. The van der Waals surface area contributed by atoms with Gasteiger partial charge in [-0.15, -0.1) is 0 Å². The Kier molecular flexibility index (Phi) is 6.66. The Morgan fingerprint density at radius 3 is 2.29 bits per heavy atom. The molecule has 1 unspecified atom stereocenters. The molecule has 2 nitrogen and oxygen atoms in total. The average Bonchev–Trinajstić information content (AvgIpc) is 2.74. The second kappa shape index (κ2) is 9.18. The van der Waals surface area contributed by atoms with Crippen molar-refractivity contribution < 1.29 is 9.53 Å². The normalized spacial score (nSPS) is 13.1. The third-order valence-corrected chi connectivity index (χ3v) is 5.49. The van der Waals surface area contributed by atoms with Crippen LogP contribution in [0.15, 0.2) is 78.9 Å². The summed E-state index contributed by atoms with van der Waals surface area (Å²) in [5.74, 6) is 0.0296. The van der Waals surface area contributed by atoms with Gasteiger partial charge in [-0.1, -0.05) is 86.1 Å². The van der Waals surface area contributed by atoms with E-state index in [1.165, 1.54) is 5.56 Å². The molecular formula is C25H25ClO2. The Morgan fingerprint density at radius 2 is 1.61 bits per heavy atom. The summed E-state index contributed by atoms with van der Waals surface area (Å²) in [4.78, 5) is 12.6. The standard InChI is InChI=1S/C25H25ClO2/c1-3-25(2,22-12-14-23(26)15-13-22)18-28-17-19-8-7-11-21(16-19)24(27)20-9-5-4-6-10-20/h4-16H,3,17-18H2,1-2H3. The Hall–Kier alpha value is -2.42. The highest BCUT2D eigenvalue weighted by molar-refractivity contribution is 6.30. The Bertz CT molecular complexity index is 919. The predicted molar refractivity (Wildman–Crippen MR) is 115 cm³/mol. The molecule has 0 saturated heterocycles. The number of ether oxygens (including phenoxy) is 1. The summed E-state index contributed by atoms with van der Waals surface area (Å²) in [6.07, 6.45) is 0.959. The van der Waals surface area contributed by atoms with Crippen LogP contribution in [0.4, 0.5) is 0 Å². The smallest absolute Gasteiger partial charge is 0.193 e. The third-order valence-electron chi connectivity index (χ3n) is 5.24. The van der Waals surface area contributed by atoms with E-state index < -0.39 is 0 Å². The molecule has 0 aliphatic heterocycles. The van der Waals surface area contributed by atoms with Gasteiger partial charge >= 0.3 is 0 Å². The average molecular weight is 393 g/mol. The van der Waals surface area contributed by atoms with Crippen LogP contribution in [0, 0.1) is 0 Å². The summed E-state index contributed by atoms with van der Waals surface area (Å²) >= 11 is 6.02. The molecule has 144 valence electrons. The molecule has 0 aliphatic rings. The van der Waals surface area contributed by atoms with Crippen molar-refractivity contribution in [1.29, 1.82) is 0 Å². The first-order valence-corrected chi connectivity index (χ1v) is 9.92. The molecule has 0 saturated carbocycles. The van der Waals surface area contributed by atoms with Crippen molar-refractivity contribution in [2.75, 3.05) is 6.61 Å². The first-order valence-electron chi connectivity index (χ1n) is 9.54. The van der Waals surface area contributed by atoms with Crippen molar-refractivity contribution in [1.82, 2.24) is 0 Å². The van der Waals surface area contributed by atoms with Gasteiger partial charge in [0.15, 0.2) is 5.78 Å². The number of benzene rings is 3. The van der Waals surface area contributed by atoms with E-state index in [0.717, 1.165) is 17.0 Å². The molecule has 3 aromatic carbocycles. The van der Waals surface area contributed by atoms with E-state index in [9.17, 15) is 4.79 Å². The maximum absolute atomic E-state index is 12.6. The van der Waals surface area contributed by atoms with Crippen LogP contribution in [0.2, 0.25) is 5.02 Å². The number of carbonyl (C=O) groups excluding carboxylic acids is 1. The van der Waals surface area contributed by atoms with E-state index in [4.69, 9.17) is 16.3 Å². The van der Waals surface area contributed by atoms with Crippen molar-refractivity contribution in [3.05, 3.63) is 106 Å². The van der Waals surface area contributed by atoms with Crippen LogP contribution < -0.4 is 0 Å². The Morgan fingerprint density at radius 1 is 0.929 bits per heavy atom. The van der Waals surface area contributed by atoms with Gasteiger partial charge in [0.1, 0.15) is 0 Å². The molecule has 28 heavy (non-hydrogen) atoms. The fraction of sp³-hybridized carbons (Fsp3) is 0.240. The number of hydrogen-bond acceptors (Lipinski definition) is 2. The molecule has 3 rings (SSSR count). The van der Waals surface area contributed by atoms with Crippen molar-refractivity contribution in [3.63, 3.8) is 0 Å². The first-order chi connectivity index (χ1) is 13.5. The highest BCUT2D eigenvalue weighted by Crippen LogP contribution is 2.29. The molecule has 0 amide bonds. The fourth-order valence-electron chi connectivity index (χ4n) is 3.19. The molecular weight excluding hydrogens is 368 g/mol. The van der Waals surface area contributed by atoms with Gasteiger partial charge in [0.2, 0.25) is 0 Å². The van der Waals surface area contributed by atoms with Gasteiger partial charge in [0.25, 0.3) is 0 Å². The van der Waals surface area contributed by atoms with Gasteiger partial charge in [-0.2, -0.15) is 0 Å². The number of rotatable bonds is 8. The Labute approximate surface area is 172 Å². The van der Waals surface area contributed by atoms with Gasteiger partial charge < -0.3 is 4.74 Å². The van der Waals surface area contributed by atoms with Crippen LogP contribution in [-0.4, -0.2) is 12.4 Å². The molecule has 0 bridgehead atoms. The lowest BCUT2D eigenvalue weighted by atomic mass is 9.81. The minimum Gasteiger partial charge on any atom is -0.376 e. The quantitative estimate of drug-likeness (QED) is 0.411. The lowest BCUT2D eigenvalue weighted by Gasteiger charge is -2.29. The minimum absolute atomic E-state index is 0.0296. The van der Waals surface area contributed by atoms with Crippen LogP contribution in [0.1, 0.15) is 47.3 Å². The number of halogens is 1. The van der Waals surface area contributed by atoms with Crippen LogP contribution in [0.25, 0.3) is 0 Å². The van der Waals surface area contributed by atoms with Crippen LogP contribution in [-0.2, 0) is 16.8 Å². The van der Waals surface area contributed by atoms with Gasteiger partial charge in [0, 0.05) is 21.6 Å². The fourth-order valence-corrected chi connectivity index (χ4v) is 3.32. The van der Waals surface area contributed by atoms with E-state index in [-0.39, 0.29) is 11.2 Å². The minimum atomic E-state index is -0.0813. The zero-order chi connectivity index (χ0) is 20.0.